The van der Waals surface area contributed by atoms with Gasteiger partial charge in [-0.25, -0.2) is 0 Å². The molecule has 3 rings (SSSR count). The summed E-state index contributed by atoms with van der Waals surface area (Å²) in [4.78, 5) is 32.9. The molecule has 156 valence electrons. The van der Waals surface area contributed by atoms with Gasteiger partial charge in [-0.1, -0.05) is 28.3 Å². The van der Waals surface area contributed by atoms with Crippen LogP contribution in [0.3, 0.4) is 0 Å². The van der Waals surface area contributed by atoms with Gasteiger partial charge in [0.1, 0.15) is 0 Å². The molecular formula is C22H25N5O2S. The highest BCUT2D eigenvalue weighted by Gasteiger charge is 2.37. The molecule has 0 fully saturated rings. The molecule has 30 heavy (non-hydrogen) atoms. The molecule has 0 unspecified atom stereocenters. The van der Waals surface area contributed by atoms with E-state index in [-0.39, 0.29) is 11.6 Å². The zero-order valence-electron chi connectivity index (χ0n) is 17.7. The van der Waals surface area contributed by atoms with Crippen LogP contribution in [0.1, 0.15) is 54.1 Å². The van der Waals surface area contributed by atoms with E-state index in [1.54, 1.807) is 29.8 Å². The molecule has 2 aromatic heterocycles. The summed E-state index contributed by atoms with van der Waals surface area (Å²) >= 11 is 1.09. The van der Waals surface area contributed by atoms with E-state index in [1.165, 1.54) is 4.90 Å². The van der Waals surface area contributed by atoms with E-state index >= 15 is 0 Å². The minimum atomic E-state index is -0.971. The highest BCUT2D eigenvalue weighted by atomic mass is 32.1. The van der Waals surface area contributed by atoms with Gasteiger partial charge in [0.2, 0.25) is 5.91 Å². The predicted octanol–water partition coefficient (Wildman–Crippen LogP) is 3.85. The number of benzene rings is 1. The van der Waals surface area contributed by atoms with Crippen molar-refractivity contribution >= 4 is 29.0 Å². The Labute approximate surface area is 180 Å². The number of amides is 2. The molecule has 7 nitrogen and oxygen atoms in total. The van der Waals surface area contributed by atoms with Gasteiger partial charge in [0.05, 0.1) is 5.69 Å². The van der Waals surface area contributed by atoms with Gasteiger partial charge in [0.25, 0.3) is 5.91 Å². The zero-order valence-corrected chi connectivity index (χ0v) is 18.5. The molecule has 0 aliphatic rings. The number of nitrogens with zero attached hydrogens (tertiary/aromatic N) is 4. The van der Waals surface area contributed by atoms with Crippen molar-refractivity contribution in [2.24, 2.45) is 0 Å². The molecule has 0 spiro atoms. The van der Waals surface area contributed by atoms with Crippen molar-refractivity contribution in [3.63, 3.8) is 0 Å². The number of nitrogens with one attached hydrogen (secondary N) is 1. The monoisotopic (exact) mass is 423 g/mol. The van der Waals surface area contributed by atoms with Crippen molar-refractivity contribution in [2.45, 2.75) is 46.2 Å². The molecular weight excluding hydrogens is 398 g/mol. The van der Waals surface area contributed by atoms with Crippen LogP contribution in [-0.4, -0.2) is 31.9 Å². The predicted molar refractivity (Wildman–Crippen MR) is 118 cm³/mol. The second-order valence-corrected chi connectivity index (χ2v) is 8.76. The standard InChI is InChI=1S/C22H25N5O2S/c1-14-9-10-18(15(2)12-14)27(21(29)17-13-30-26-25-17)19(16-8-6-7-11-23-16)20(28)24-22(3,4)5/h6-13,19H,1-5H3,(H,24,28)/t19-/m1/s1. The van der Waals surface area contributed by atoms with Gasteiger partial charge >= 0.3 is 0 Å². The quantitative estimate of drug-likeness (QED) is 0.673. The van der Waals surface area contributed by atoms with Crippen molar-refractivity contribution in [3.05, 3.63) is 70.5 Å². The normalized spacial score (nSPS) is 12.3. The van der Waals surface area contributed by atoms with Gasteiger partial charge in [0.15, 0.2) is 11.7 Å². The molecule has 0 saturated heterocycles. The van der Waals surface area contributed by atoms with Crippen molar-refractivity contribution in [1.29, 1.82) is 0 Å². The number of pyridine rings is 1. The third-order valence-electron chi connectivity index (χ3n) is 4.38. The van der Waals surface area contributed by atoms with Gasteiger partial charge in [-0.2, -0.15) is 0 Å². The molecule has 3 aromatic rings. The van der Waals surface area contributed by atoms with E-state index in [4.69, 9.17) is 0 Å². The van der Waals surface area contributed by atoms with Crippen molar-refractivity contribution in [1.82, 2.24) is 19.9 Å². The first-order chi connectivity index (χ1) is 14.2. The lowest BCUT2D eigenvalue weighted by Gasteiger charge is -2.33. The zero-order chi connectivity index (χ0) is 21.9. The number of hydrogen-bond donors (Lipinski definition) is 1. The Balaban J connectivity index is 2.20. The molecule has 0 radical (unpaired) electrons. The molecule has 1 aromatic carbocycles. The van der Waals surface area contributed by atoms with Gasteiger partial charge < -0.3 is 5.32 Å². The summed E-state index contributed by atoms with van der Waals surface area (Å²) in [6, 6.07) is 10.1. The maximum absolute atomic E-state index is 13.6. The Kier molecular flexibility index (Phi) is 6.26. The largest absolute Gasteiger partial charge is 0.349 e. The number of rotatable bonds is 5. The maximum atomic E-state index is 13.6. The van der Waals surface area contributed by atoms with Crippen LogP contribution in [0.5, 0.6) is 0 Å². The molecule has 2 amide bonds. The van der Waals surface area contributed by atoms with Crippen LogP contribution in [-0.2, 0) is 4.79 Å². The smallest absolute Gasteiger partial charge is 0.280 e. The molecule has 0 aliphatic heterocycles. The van der Waals surface area contributed by atoms with E-state index in [1.807, 2.05) is 52.8 Å². The van der Waals surface area contributed by atoms with Gasteiger partial charge in [0, 0.05) is 22.8 Å². The van der Waals surface area contributed by atoms with Crippen LogP contribution in [0.25, 0.3) is 0 Å². The van der Waals surface area contributed by atoms with Crippen molar-refractivity contribution < 1.29 is 9.59 Å². The summed E-state index contributed by atoms with van der Waals surface area (Å²) in [7, 11) is 0. The van der Waals surface area contributed by atoms with Crippen LogP contribution in [0.15, 0.2) is 48.0 Å². The molecule has 0 aliphatic carbocycles. The summed E-state index contributed by atoms with van der Waals surface area (Å²) < 4.78 is 3.82. The minimum Gasteiger partial charge on any atom is -0.349 e. The molecule has 0 bridgehead atoms. The Morgan fingerprint density at radius 2 is 1.90 bits per heavy atom. The second kappa shape index (κ2) is 8.71. The van der Waals surface area contributed by atoms with Crippen LogP contribution >= 0.6 is 11.5 Å². The second-order valence-electron chi connectivity index (χ2n) is 8.15. The highest BCUT2D eigenvalue weighted by Crippen LogP contribution is 2.32. The fourth-order valence-electron chi connectivity index (χ4n) is 3.18. The minimum absolute atomic E-state index is 0.185. The fourth-order valence-corrected chi connectivity index (χ4v) is 3.61. The Morgan fingerprint density at radius 3 is 2.47 bits per heavy atom. The van der Waals surface area contributed by atoms with E-state index in [2.05, 4.69) is 19.9 Å². The Hall–Kier alpha value is -3.13. The molecule has 1 N–H and O–H groups in total. The van der Waals surface area contributed by atoms with Gasteiger partial charge in [-0.3, -0.25) is 19.5 Å². The summed E-state index contributed by atoms with van der Waals surface area (Å²) in [6.07, 6.45) is 1.61. The number of aryl methyl sites for hydroxylation is 2. The number of aromatic nitrogens is 3. The van der Waals surface area contributed by atoms with Crippen molar-refractivity contribution in [3.8, 4) is 0 Å². The topological polar surface area (TPSA) is 88.1 Å². The first-order valence-electron chi connectivity index (χ1n) is 9.58. The van der Waals surface area contributed by atoms with E-state index in [0.29, 0.717) is 11.4 Å². The third-order valence-corrected chi connectivity index (χ3v) is 4.89. The molecule has 2 heterocycles. The SMILES string of the molecule is Cc1ccc(N(C(=O)c2csnn2)[C@@H](C(=O)NC(C)(C)C)c2ccccn2)c(C)c1. The lowest BCUT2D eigenvalue weighted by molar-refractivity contribution is -0.124. The van der Waals surface area contributed by atoms with Crippen LogP contribution in [0.2, 0.25) is 0 Å². The van der Waals surface area contributed by atoms with Gasteiger partial charge in [-0.05, 0) is 69.9 Å². The van der Waals surface area contributed by atoms with E-state index < -0.39 is 17.5 Å². The Morgan fingerprint density at radius 1 is 1.13 bits per heavy atom. The maximum Gasteiger partial charge on any atom is 0.280 e. The Bertz CT molecular complexity index is 1030. The van der Waals surface area contributed by atoms with Crippen LogP contribution < -0.4 is 10.2 Å². The molecule has 1 atom stereocenters. The first-order valence-corrected chi connectivity index (χ1v) is 10.4. The van der Waals surface area contributed by atoms with Gasteiger partial charge in [-0.15, -0.1) is 5.10 Å². The third kappa shape index (κ3) is 4.88. The average molecular weight is 424 g/mol. The van der Waals surface area contributed by atoms with E-state index in [0.717, 1.165) is 22.7 Å². The summed E-state index contributed by atoms with van der Waals surface area (Å²) in [5, 5.41) is 8.52. The lowest BCUT2D eigenvalue weighted by atomic mass is 10.0. The van der Waals surface area contributed by atoms with Crippen LogP contribution in [0.4, 0.5) is 5.69 Å². The van der Waals surface area contributed by atoms with E-state index in [9.17, 15) is 9.59 Å². The van der Waals surface area contributed by atoms with Crippen molar-refractivity contribution in [2.75, 3.05) is 4.90 Å². The van der Waals surface area contributed by atoms with Crippen LogP contribution in [0, 0.1) is 13.8 Å². The molecule has 0 saturated carbocycles. The first kappa shape index (κ1) is 21.6. The summed E-state index contributed by atoms with van der Waals surface area (Å²) in [6.45, 7) is 9.59. The fraction of sp³-hybridized carbons (Fsp3) is 0.318. The highest BCUT2D eigenvalue weighted by molar-refractivity contribution is 7.03. The number of carbonyl (C=O) groups excluding carboxylic acids is 2. The molecule has 8 heteroatoms. The summed E-state index contributed by atoms with van der Waals surface area (Å²) in [5.41, 5.74) is 2.73. The average Bonchev–Trinajstić information content (AvgIpc) is 3.20. The lowest BCUT2D eigenvalue weighted by Crippen LogP contribution is -2.50. The summed E-state index contributed by atoms with van der Waals surface area (Å²) in [5.74, 6) is -0.729. The number of hydrogen-bond acceptors (Lipinski definition) is 6. The number of carbonyl (C=O) groups is 2. The number of anilines is 1.